The highest BCUT2D eigenvalue weighted by molar-refractivity contribution is 6.74. The third-order valence-corrected chi connectivity index (χ3v) is 19.1. The van der Waals surface area contributed by atoms with Crippen molar-refractivity contribution in [3.8, 4) is 0 Å². The summed E-state index contributed by atoms with van der Waals surface area (Å²) in [5.41, 5.74) is 0. The molecular formula is C34H70O5Si2. The largest absolute Gasteiger partial charge is 0.469 e. The normalized spacial score (nSPS) is 20.3. The van der Waals surface area contributed by atoms with Crippen molar-refractivity contribution in [2.24, 2.45) is 0 Å². The summed E-state index contributed by atoms with van der Waals surface area (Å²) < 4.78 is 25.8. The van der Waals surface area contributed by atoms with E-state index in [4.69, 9.17) is 18.3 Å². The Bertz CT molecular complexity index is 726. The zero-order valence-corrected chi connectivity index (χ0v) is 31.5. The number of rotatable bonds is 20. The summed E-state index contributed by atoms with van der Waals surface area (Å²) in [4.78, 5) is 12.1. The van der Waals surface area contributed by atoms with Crippen LogP contribution in [0, 0.1) is 0 Å². The van der Waals surface area contributed by atoms with E-state index in [0.717, 1.165) is 19.3 Å². The Hall–Kier alpha value is -0.216. The molecule has 1 heterocycles. The number of methoxy groups -OCH3 is 1. The second-order valence-corrected chi connectivity index (χ2v) is 25.2. The molecule has 5 nitrogen and oxygen atoms in total. The maximum absolute atomic E-state index is 12.1. The lowest BCUT2D eigenvalue weighted by atomic mass is 10.0. The summed E-state index contributed by atoms with van der Waals surface area (Å²) in [5, 5.41) is 0.257. The molecule has 0 saturated carbocycles. The summed E-state index contributed by atoms with van der Waals surface area (Å²) in [6.07, 6.45) is 17.6. The van der Waals surface area contributed by atoms with Crippen LogP contribution < -0.4 is 0 Å². The van der Waals surface area contributed by atoms with Gasteiger partial charge in [-0.3, -0.25) is 4.79 Å². The second-order valence-electron chi connectivity index (χ2n) is 15.7. The molecule has 7 heteroatoms. The highest BCUT2D eigenvalue weighted by Gasteiger charge is 2.46. The Morgan fingerprint density at radius 3 is 1.49 bits per heavy atom. The second kappa shape index (κ2) is 17.9. The van der Waals surface area contributed by atoms with Crippen LogP contribution in [0.1, 0.15) is 145 Å². The van der Waals surface area contributed by atoms with Crippen LogP contribution in [-0.4, -0.2) is 54.1 Å². The molecule has 0 N–H and O–H groups in total. The van der Waals surface area contributed by atoms with Crippen molar-refractivity contribution in [1.82, 2.24) is 0 Å². The first-order valence-electron chi connectivity index (χ1n) is 17.0. The molecule has 0 aromatic rings. The number of esters is 1. The van der Waals surface area contributed by atoms with Crippen molar-refractivity contribution in [3.63, 3.8) is 0 Å². The Balaban J connectivity index is 2.87. The molecule has 41 heavy (non-hydrogen) atoms. The Morgan fingerprint density at radius 2 is 1.10 bits per heavy atom. The smallest absolute Gasteiger partial charge is 0.305 e. The van der Waals surface area contributed by atoms with E-state index in [1.807, 2.05) is 0 Å². The molecule has 1 aliphatic heterocycles. The van der Waals surface area contributed by atoms with Crippen LogP contribution in [0.4, 0.5) is 0 Å². The molecule has 1 aliphatic rings. The van der Waals surface area contributed by atoms with Crippen molar-refractivity contribution < 1.29 is 23.1 Å². The molecule has 1 rings (SSSR count). The zero-order valence-electron chi connectivity index (χ0n) is 29.5. The molecule has 0 bridgehead atoms. The van der Waals surface area contributed by atoms with Crippen molar-refractivity contribution in [1.29, 1.82) is 0 Å². The lowest BCUT2D eigenvalue weighted by molar-refractivity contribution is -0.141. The van der Waals surface area contributed by atoms with Gasteiger partial charge in [-0.1, -0.05) is 113 Å². The monoisotopic (exact) mass is 614 g/mol. The number of carbonyl (C=O) groups excluding carboxylic acids is 1. The minimum Gasteiger partial charge on any atom is -0.469 e. The van der Waals surface area contributed by atoms with E-state index < -0.39 is 16.6 Å². The number of unbranched alkanes of at least 4 members (excludes halogenated alkanes) is 9. The maximum atomic E-state index is 12.1. The maximum Gasteiger partial charge on any atom is 0.305 e. The van der Waals surface area contributed by atoms with Gasteiger partial charge in [0.2, 0.25) is 0 Å². The summed E-state index contributed by atoms with van der Waals surface area (Å²) in [6, 6.07) is 0. The number of hydrogen-bond donors (Lipinski definition) is 0. The van der Waals surface area contributed by atoms with Crippen molar-refractivity contribution in [2.45, 2.75) is 205 Å². The van der Waals surface area contributed by atoms with Gasteiger partial charge in [-0.2, -0.15) is 0 Å². The van der Waals surface area contributed by atoms with Gasteiger partial charge in [0.15, 0.2) is 16.6 Å². The minimum absolute atomic E-state index is 0.00277. The van der Waals surface area contributed by atoms with Crippen molar-refractivity contribution in [2.75, 3.05) is 7.11 Å². The van der Waals surface area contributed by atoms with Crippen molar-refractivity contribution in [3.05, 3.63) is 0 Å². The lowest BCUT2D eigenvalue weighted by Crippen LogP contribution is -2.48. The minimum atomic E-state index is -2.03. The highest BCUT2D eigenvalue weighted by atomic mass is 28.4. The first-order chi connectivity index (χ1) is 18.9. The predicted molar refractivity (Wildman–Crippen MR) is 180 cm³/mol. The van der Waals surface area contributed by atoms with E-state index in [2.05, 4.69) is 74.7 Å². The average molecular weight is 615 g/mol. The van der Waals surface area contributed by atoms with Crippen LogP contribution in [0.5, 0.6) is 0 Å². The van der Waals surface area contributed by atoms with Crippen LogP contribution in [0.25, 0.3) is 0 Å². The predicted octanol–water partition coefficient (Wildman–Crippen LogP) is 10.6. The molecule has 0 amide bonds. The molecular weight excluding hydrogens is 545 g/mol. The molecule has 0 aliphatic carbocycles. The van der Waals surface area contributed by atoms with Gasteiger partial charge in [-0.15, -0.1) is 0 Å². The van der Waals surface area contributed by atoms with E-state index in [1.165, 1.54) is 71.3 Å². The molecule has 1 saturated heterocycles. The van der Waals surface area contributed by atoms with Gasteiger partial charge in [-0.25, -0.2) is 0 Å². The van der Waals surface area contributed by atoms with Gasteiger partial charge in [0.05, 0.1) is 31.5 Å². The fourth-order valence-corrected chi connectivity index (χ4v) is 7.94. The van der Waals surface area contributed by atoms with Gasteiger partial charge in [0.25, 0.3) is 0 Å². The molecule has 0 unspecified atom stereocenters. The quantitative estimate of drug-likeness (QED) is 0.0775. The van der Waals surface area contributed by atoms with Crippen molar-refractivity contribution >= 4 is 22.6 Å². The summed E-state index contributed by atoms with van der Waals surface area (Å²) in [5.74, 6) is -0.177. The van der Waals surface area contributed by atoms with E-state index >= 15 is 0 Å². The van der Waals surface area contributed by atoms with Gasteiger partial charge in [0, 0.05) is 6.42 Å². The van der Waals surface area contributed by atoms with Crippen LogP contribution in [-0.2, 0) is 23.1 Å². The van der Waals surface area contributed by atoms with Gasteiger partial charge >= 0.3 is 5.97 Å². The fourth-order valence-electron chi connectivity index (χ4n) is 5.18. The number of hydrogen-bond acceptors (Lipinski definition) is 5. The van der Waals surface area contributed by atoms with E-state index in [-0.39, 0.29) is 40.5 Å². The standard InChI is InChI=1S/C34H70O5Si2/c1-13-14-15-16-17-18-19-20-21-22-23-30(38-40(9,10)33(2,3)4)28-24-25-29(37-28)31(26-27-32(35)36-8)39-41(11,12)34(5,6)7/h28-31H,13-27H2,1-12H3/t28-,29-,30-,31-/m0/s1. The Morgan fingerprint density at radius 1 is 0.707 bits per heavy atom. The molecule has 1 fully saturated rings. The molecule has 0 aromatic carbocycles. The Kier molecular flexibility index (Phi) is 17.0. The Labute approximate surface area is 257 Å². The highest BCUT2D eigenvalue weighted by Crippen LogP contribution is 2.42. The third-order valence-electron chi connectivity index (χ3n) is 10.1. The van der Waals surface area contributed by atoms with Gasteiger partial charge in [0.1, 0.15) is 0 Å². The molecule has 244 valence electrons. The van der Waals surface area contributed by atoms with Crippen LogP contribution >= 0.6 is 0 Å². The lowest BCUT2D eigenvalue weighted by Gasteiger charge is -2.42. The van der Waals surface area contributed by atoms with E-state index in [1.54, 1.807) is 0 Å². The molecule has 4 atom stereocenters. The van der Waals surface area contributed by atoms with E-state index in [9.17, 15) is 4.79 Å². The first-order valence-corrected chi connectivity index (χ1v) is 22.8. The molecule has 0 radical (unpaired) electrons. The fraction of sp³-hybridized carbons (Fsp3) is 0.971. The first kappa shape index (κ1) is 38.8. The van der Waals surface area contributed by atoms with Crippen LogP contribution in [0.15, 0.2) is 0 Å². The average Bonchev–Trinajstić information content (AvgIpc) is 3.35. The number of carbonyl (C=O) groups is 1. The third kappa shape index (κ3) is 14.0. The molecule has 0 aromatic heterocycles. The summed E-state index contributed by atoms with van der Waals surface area (Å²) in [7, 11) is -2.52. The summed E-state index contributed by atoms with van der Waals surface area (Å²) in [6.45, 7) is 25.4. The SMILES string of the molecule is CCCCCCCCCCCC[C@H](O[Si](C)(C)C(C)(C)C)[C@@H]1CC[C@@H]([C@H](CCC(=O)OC)O[Si](C)(C)C(C)(C)C)O1. The summed E-state index contributed by atoms with van der Waals surface area (Å²) >= 11 is 0. The van der Waals surface area contributed by atoms with Gasteiger partial charge < -0.3 is 18.3 Å². The molecule has 0 spiro atoms. The van der Waals surface area contributed by atoms with Crippen LogP contribution in [0.2, 0.25) is 36.3 Å². The van der Waals surface area contributed by atoms with E-state index in [0.29, 0.717) is 12.8 Å². The van der Waals surface area contributed by atoms with Gasteiger partial charge in [-0.05, 0) is 61.9 Å². The number of ether oxygens (including phenoxy) is 2. The zero-order chi connectivity index (χ0) is 31.3. The topological polar surface area (TPSA) is 54.0 Å². The van der Waals surface area contributed by atoms with Crippen LogP contribution in [0.3, 0.4) is 0 Å².